The largest absolute Gasteiger partial charge is 0.484 e. The maximum atomic E-state index is 11.9. The van der Waals surface area contributed by atoms with Gasteiger partial charge in [-0.1, -0.05) is 57.9 Å². The first-order chi connectivity index (χ1) is 9.56. The number of carbonyl (C=O) groups excluding carboxylic acids is 1. The predicted octanol–water partition coefficient (Wildman–Crippen LogP) is 4.60. The Hall–Kier alpha value is -1.32. The molecule has 0 saturated heterocycles. The van der Waals surface area contributed by atoms with Crippen molar-refractivity contribution >= 4 is 33.3 Å². The number of carbonyl (C=O) groups is 1. The molecule has 0 N–H and O–H groups in total. The van der Waals surface area contributed by atoms with Gasteiger partial charge in [-0.15, -0.1) is 0 Å². The summed E-state index contributed by atoms with van der Waals surface area (Å²) >= 11 is 9.48. The number of hydrogen-bond donors (Lipinski definition) is 0. The third kappa shape index (κ3) is 4.09. The second kappa shape index (κ2) is 6.91. The lowest BCUT2D eigenvalue weighted by Gasteiger charge is -2.11. The number of ether oxygens (including phenoxy) is 1. The van der Waals surface area contributed by atoms with Crippen molar-refractivity contribution in [2.45, 2.75) is 13.3 Å². The molecule has 2 nitrogen and oxygen atoms in total. The van der Waals surface area contributed by atoms with Gasteiger partial charge in [0.1, 0.15) is 12.4 Å². The molecule has 4 heteroatoms. The van der Waals surface area contributed by atoms with E-state index in [9.17, 15) is 4.79 Å². The number of rotatable bonds is 5. The molecule has 0 fully saturated rings. The van der Waals surface area contributed by atoms with Gasteiger partial charge in [-0.3, -0.25) is 4.79 Å². The minimum atomic E-state index is 0.0228. The second-order valence-electron chi connectivity index (χ2n) is 4.52. The van der Waals surface area contributed by atoms with Crippen LogP contribution >= 0.6 is 27.5 Å². The Morgan fingerprint density at radius 3 is 2.60 bits per heavy atom. The molecule has 2 rings (SSSR count). The Balaban J connectivity index is 1.97. The van der Waals surface area contributed by atoms with Gasteiger partial charge < -0.3 is 4.74 Å². The van der Waals surface area contributed by atoms with E-state index in [2.05, 4.69) is 15.9 Å². The maximum Gasteiger partial charge on any atom is 0.174 e. The molecule has 0 saturated carbocycles. The Bertz CT molecular complexity index is 588. The van der Waals surface area contributed by atoms with Gasteiger partial charge in [-0.25, -0.2) is 0 Å². The van der Waals surface area contributed by atoms with Gasteiger partial charge in [0.15, 0.2) is 5.78 Å². The Morgan fingerprint density at radius 1 is 1.25 bits per heavy atom. The molecule has 0 unspecified atom stereocenters. The molecule has 20 heavy (non-hydrogen) atoms. The van der Waals surface area contributed by atoms with E-state index in [4.69, 9.17) is 16.3 Å². The number of benzene rings is 2. The van der Waals surface area contributed by atoms with Gasteiger partial charge in [0.05, 0.1) is 5.02 Å². The van der Waals surface area contributed by atoms with Crippen molar-refractivity contribution in [3.8, 4) is 5.75 Å². The number of halogens is 2. The lowest BCUT2D eigenvalue weighted by atomic mass is 10.1. The lowest BCUT2D eigenvalue weighted by Crippen LogP contribution is -2.14. The molecule has 0 amide bonds. The lowest BCUT2D eigenvalue weighted by molar-refractivity contribution is -0.120. The summed E-state index contributed by atoms with van der Waals surface area (Å²) in [5.74, 6) is 0.589. The van der Waals surface area contributed by atoms with Crippen LogP contribution in [0.4, 0.5) is 0 Å². The van der Waals surface area contributed by atoms with E-state index in [0.717, 1.165) is 15.6 Å². The fourth-order valence-corrected chi connectivity index (χ4v) is 2.92. The summed E-state index contributed by atoms with van der Waals surface area (Å²) in [6.45, 7) is 1.92. The molecule has 0 aromatic heterocycles. The average molecular weight is 354 g/mol. The van der Waals surface area contributed by atoms with Gasteiger partial charge in [0.2, 0.25) is 0 Å². The smallest absolute Gasteiger partial charge is 0.174 e. The highest BCUT2D eigenvalue weighted by Crippen LogP contribution is 2.31. The van der Waals surface area contributed by atoms with Gasteiger partial charge in [-0.2, -0.15) is 0 Å². The molecule has 2 aromatic carbocycles. The molecule has 104 valence electrons. The average Bonchev–Trinajstić information content (AvgIpc) is 2.38. The minimum absolute atomic E-state index is 0.0228. The summed E-state index contributed by atoms with van der Waals surface area (Å²) in [6, 6.07) is 13.3. The number of ketones is 1. The zero-order chi connectivity index (χ0) is 14.5. The van der Waals surface area contributed by atoms with Crippen LogP contribution in [0.1, 0.15) is 11.1 Å². The molecular formula is C16H14BrClO2. The zero-order valence-electron chi connectivity index (χ0n) is 11.0. The molecule has 0 heterocycles. The Kier molecular flexibility index (Phi) is 5.21. The third-order valence-electron chi connectivity index (χ3n) is 2.82. The summed E-state index contributed by atoms with van der Waals surface area (Å²) in [5.41, 5.74) is 1.89. The first kappa shape index (κ1) is 15.1. The molecule has 2 aromatic rings. The van der Waals surface area contributed by atoms with Crippen LogP contribution in [0, 0.1) is 6.92 Å². The summed E-state index contributed by atoms with van der Waals surface area (Å²) < 4.78 is 6.45. The topological polar surface area (TPSA) is 26.3 Å². The highest BCUT2D eigenvalue weighted by atomic mass is 79.9. The van der Waals surface area contributed by atoms with Gasteiger partial charge >= 0.3 is 0 Å². The van der Waals surface area contributed by atoms with Crippen molar-refractivity contribution in [3.05, 3.63) is 63.1 Å². The highest BCUT2D eigenvalue weighted by Gasteiger charge is 2.10. The van der Waals surface area contributed by atoms with Crippen LogP contribution in [0.5, 0.6) is 5.75 Å². The van der Waals surface area contributed by atoms with Crippen molar-refractivity contribution < 1.29 is 9.53 Å². The quantitative estimate of drug-likeness (QED) is 0.785. The van der Waals surface area contributed by atoms with Crippen LogP contribution in [0.3, 0.4) is 0 Å². The van der Waals surface area contributed by atoms with Crippen LogP contribution in [0.2, 0.25) is 5.02 Å². The summed E-state index contributed by atoms with van der Waals surface area (Å²) in [4.78, 5) is 11.9. The van der Waals surface area contributed by atoms with E-state index in [1.165, 1.54) is 0 Å². The fraction of sp³-hybridized carbons (Fsp3) is 0.188. The van der Waals surface area contributed by atoms with Crippen LogP contribution in [-0.2, 0) is 11.2 Å². The van der Waals surface area contributed by atoms with E-state index < -0.39 is 0 Å². The van der Waals surface area contributed by atoms with Crippen molar-refractivity contribution in [1.29, 1.82) is 0 Å². The van der Waals surface area contributed by atoms with E-state index in [1.807, 2.05) is 43.3 Å². The fourth-order valence-electron chi connectivity index (χ4n) is 1.90. The van der Waals surface area contributed by atoms with Crippen molar-refractivity contribution in [3.63, 3.8) is 0 Å². The van der Waals surface area contributed by atoms with Crippen molar-refractivity contribution in [2.75, 3.05) is 6.61 Å². The summed E-state index contributed by atoms with van der Waals surface area (Å²) in [7, 11) is 0. The maximum absolute atomic E-state index is 11.9. The first-order valence-electron chi connectivity index (χ1n) is 6.20. The SMILES string of the molecule is Cc1cc(Br)cc(Cl)c1OCC(=O)Cc1ccccc1. The van der Waals surface area contributed by atoms with Crippen LogP contribution in [-0.4, -0.2) is 12.4 Å². The molecule has 0 aliphatic rings. The number of hydrogen-bond acceptors (Lipinski definition) is 2. The van der Waals surface area contributed by atoms with E-state index in [0.29, 0.717) is 17.2 Å². The van der Waals surface area contributed by atoms with Crippen LogP contribution in [0.25, 0.3) is 0 Å². The highest BCUT2D eigenvalue weighted by molar-refractivity contribution is 9.10. The van der Waals surface area contributed by atoms with Crippen molar-refractivity contribution in [2.24, 2.45) is 0 Å². The Morgan fingerprint density at radius 2 is 1.95 bits per heavy atom. The summed E-state index contributed by atoms with van der Waals surface area (Å²) in [6.07, 6.45) is 0.369. The van der Waals surface area contributed by atoms with Crippen LogP contribution < -0.4 is 4.74 Å². The summed E-state index contributed by atoms with van der Waals surface area (Å²) in [5, 5.41) is 0.504. The zero-order valence-corrected chi connectivity index (χ0v) is 13.4. The van der Waals surface area contributed by atoms with E-state index >= 15 is 0 Å². The predicted molar refractivity (Wildman–Crippen MR) is 84.5 cm³/mol. The molecule has 0 aliphatic carbocycles. The molecule has 0 bridgehead atoms. The van der Waals surface area contributed by atoms with E-state index in [1.54, 1.807) is 6.07 Å². The van der Waals surface area contributed by atoms with Crippen molar-refractivity contribution in [1.82, 2.24) is 0 Å². The number of aryl methyl sites for hydroxylation is 1. The van der Waals surface area contributed by atoms with Crippen LogP contribution in [0.15, 0.2) is 46.9 Å². The molecule has 0 atom stereocenters. The van der Waals surface area contributed by atoms with Gasteiger partial charge in [-0.05, 0) is 30.2 Å². The normalized spacial score (nSPS) is 10.3. The van der Waals surface area contributed by atoms with Gasteiger partial charge in [0, 0.05) is 10.9 Å². The first-order valence-corrected chi connectivity index (χ1v) is 7.37. The Labute approximate surface area is 131 Å². The second-order valence-corrected chi connectivity index (χ2v) is 5.85. The molecule has 0 aliphatic heterocycles. The third-order valence-corrected chi connectivity index (χ3v) is 3.55. The van der Waals surface area contributed by atoms with Gasteiger partial charge in [0.25, 0.3) is 0 Å². The number of Topliss-reactive ketones (excluding diaryl/α,β-unsaturated/α-hetero) is 1. The van der Waals surface area contributed by atoms with E-state index in [-0.39, 0.29) is 12.4 Å². The molecular weight excluding hydrogens is 340 g/mol. The monoisotopic (exact) mass is 352 g/mol. The molecule has 0 radical (unpaired) electrons. The minimum Gasteiger partial charge on any atom is -0.484 e. The molecule has 0 spiro atoms. The standard InChI is InChI=1S/C16H14BrClO2/c1-11-7-13(17)9-15(18)16(11)20-10-14(19)8-12-5-3-2-4-6-12/h2-7,9H,8,10H2,1H3.